The molecule has 3 rings (SSSR count). The van der Waals surface area contributed by atoms with Crippen LogP contribution in [0.15, 0.2) is 18.5 Å². The molecule has 18 heavy (non-hydrogen) atoms. The predicted octanol–water partition coefficient (Wildman–Crippen LogP) is 0.778. The minimum atomic E-state index is 0.240. The van der Waals surface area contributed by atoms with Crippen molar-refractivity contribution < 1.29 is 4.74 Å². The van der Waals surface area contributed by atoms with Crippen molar-refractivity contribution in [3.63, 3.8) is 0 Å². The maximum Gasteiger partial charge on any atom is 0.225 e. The van der Waals surface area contributed by atoms with Gasteiger partial charge in [-0.05, 0) is 26.0 Å². The Morgan fingerprint density at radius 2 is 1.89 bits per heavy atom. The van der Waals surface area contributed by atoms with Gasteiger partial charge in [-0.15, -0.1) is 0 Å². The lowest BCUT2D eigenvalue weighted by Gasteiger charge is -2.49. The van der Waals surface area contributed by atoms with Crippen molar-refractivity contribution in [1.82, 2.24) is 14.9 Å². The number of ether oxygens (including phenoxy) is 1. The summed E-state index contributed by atoms with van der Waals surface area (Å²) in [5.74, 6) is 0.853. The van der Waals surface area contributed by atoms with Gasteiger partial charge in [-0.2, -0.15) is 0 Å². The van der Waals surface area contributed by atoms with Crippen molar-refractivity contribution in [2.24, 2.45) is 0 Å². The van der Waals surface area contributed by atoms with Gasteiger partial charge in [0.2, 0.25) is 5.95 Å². The maximum absolute atomic E-state index is 5.68. The Balaban J connectivity index is 1.67. The number of aromatic nitrogens is 2. The molecule has 5 nitrogen and oxygen atoms in total. The summed E-state index contributed by atoms with van der Waals surface area (Å²) in [6.07, 6.45) is 5.87. The van der Waals surface area contributed by atoms with Gasteiger partial charge in [-0.25, -0.2) is 9.97 Å². The molecule has 0 saturated carbocycles. The lowest BCUT2D eigenvalue weighted by Crippen LogP contribution is -2.60. The van der Waals surface area contributed by atoms with Crippen LogP contribution in [0.1, 0.15) is 12.8 Å². The van der Waals surface area contributed by atoms with Crippen LogP contribution in [0.4, 0.5) is 5.95 Å². The second kappa shape index (κ2) is 4.82. The summed E-state index contributed by atoms with van der Waals surface area (Å²) in [4.78, 5) is 13.4. The van der Waals surface area contributed by atoms with Crippen LogP contribution in [0, 0.1) is 0 Å². The van der Waals surface area contributed by atoms with Crippen molar-refractivity contribution in [2.75, 3.05) is 44.8 Å². The van der Waals surface area contributed by atoms with Crippen molar-refractivity contribution in [3.05, 3.63) is 18.5 Å². The second-order valence-electron chi connectivity index (χ2n) is 5.23. The molecule has 1 aromatic rings. The van der Waals surface area contributed by atoms with Crippen LogP contribution in [0.25, 0.3) is 0 Å². The van der Waals surface area contributed by atoms with Gasteiger partial charge in [0.1, 0.15) is 0 Å². The molecule has 0 bridgehead atoms. The van der Waals surface area contributed by atoms with E-state index < -0.39 is 0 Å². The summed E-state index contributed by atoms with van der Waals surface area (Å²) in [5.41, 5.74) is 0.240. The Kier molecular flexibility index (Phi) is 3.18. The fourth-order valence-corrected chi connectivity index (χ4v) is 2.91. The Labute approximate surface area is 108 Å². The van der Waals surface area contributed by atoms with E-state index in [0.717, 1.165) is 51.6 Å². The summed E-state index contributed by atoms with van der Waals surface area (Å²) in [7, 11) is 2.22. The lowest BCUT2D eigenvalue weighted by molar-refractivity contribution is -0.0670. The normalized spacial score (nSPS) is 24.4. The number of rotatable bonds is 1. The number of anilines is 1. The molecule has 3 heterocycles. The third-order valence-corrected chi connectivity index (χ3v) is 4.28. The van der Waals surface area contributed by atoms with E-state index in [4.69, 9.17) is 4.74 Å². The molecule has 2 saturated heterocycles. The van der Waals surface area contributed by atoms with Crippen LogP contribution < -0.4 is 4.90 Å². The van der Waals surface area contributed by atoms with E-state index in [1.807, 2.05) is 18.5 Å². The molecule has 0 N–H and O–H groups in total. The first kappa shape index (κ1) is 11.9. The van der Waals surface area contributed by atoms with E-state index in [1.54, 1.807) is 0 Å². The van der Waals surface area contributed by atoms with Gasteiger partial charge in [0.05, 0.1) is 13.2 Å². The third-order valence-electron chi connectivity index (χ3n) is 4.28. The predicted molar refractivity (Wildman–Crippen MR) is 69.7 cm³/mol. The molecule has 1 aromatic heterocycles. The first-order valence-corrected chi connectivity index (χ1v) is 6.61. The van der Waals surface area contributed by atoms with Crippen molar-refractivity contribution in [1.29, 1.82) is 0 Å². The highest BCUT2D eigenvalue weighted by atomic mass is 16.5. The smallest absolute Gasteiger partial charge is 0.225 e. The van der Waals surface area contributed by atoms with E-state index in [0.29, 0.717) is 0 Å². The highest BCUT2D eigenvalue weighted by molar-refractivity contribution is 5.30. The summed E-state index contributed by atoms with van der Waals surface area (Å²) in [5, 5.41) is 0. The Morgan fingerprint density at radius 1 is 1.17 bits per heavy atom. The van der Waals surface area contributed by atoms with Gasteiger partial charge < -0.3 is 9.64 Å². The average Bonchev–Trinajstić information content (AvgIpc) is 2.44. The SMILES string of the molecule is CN1CCOCC12CCN(c1ncccn1)CC2. The van der Waals surface area contributed by atoms with Gasteiger partial charge in [-0.3, -0.25) is 4.90 Å². The molecule has 0 aromatic carbocycles. The average molecular weight is 248 g/mol. The fraction of sp³-hybridized carbons (Fsp3) is 0.692. The quantitative estimate of drug-likeness (QED) is 0.734. The minimum Gasteiger partial charge on any atom is -0.378 e. The Morgan fingerprint density at radius 3 is 2.56 bits per heavy atom. The van der Waals surface area contributed by atoms with Gasteiger partial charge in [0.15, 0.2) is 0 Å². The first-order valence-electron chi connectivity index (χ1n) is 6.61. The van der Waals surface area contributed by atoms with Crippen LogP contribution in [0.3, 0.4) is 0 Å². The van der Waals surface area contributed by atoms with Gasteiger partial charge in [-0.1, -0.05) is 0 Å². The summed E-state index contributed by atoms with van der Waals surface area (Å²) < 4.78 is 5.68. The molecule has 2 aliphatic heterocycles. The summed E-state index contributed by atoms with van der Waals surface area (Å²) in [6, 6.07) is 1.86. The highest BCUT2D eigenvalue weighted by Crippen LogP contribution is 2.31. The van der Waals surface area contributed by atoms with Crippen LogP contribution in [0.5, 0.6) is 0 Å². The Hall–Kier alpha value is -1.20. The van der Waals surface area contributed by atoms with Crippen molar-refractivity contribution in [3.8, 4) is 0 Å². The maximum atomic E-state index is 5.68. The molecule has 0 radical (unpaired) electrons. The number of hydrogen-bond donors (Lipinski definition) is 0. The van der Waals surface area contributed by atoms with Gasteiger partial charge >= 0.3 is 0 Å². The molecule has 0 unspecified atom stereocenters. The van der Waals surface area contributed by atoms with Crippen molar-refractivity contribution in [2.45, 2.75) is 18.4 Å². The largest absolute Gasteiger partial charge is 0.378 e. The van der Waals surface area contributed by atoms with E-state index >= 15 is 0 Å². The number of likely N-dealkylation sites (N-methyl/N-ethyl adjacent to an activating group) is 1. The third kappa shape index (κ3) is 2.08. The summed E-state index contributed by atoms with van der Waals surface area (Å²) in [6.45, 7) is 4.80. The first-order chi connectivity index (χ1) is 8.80. The van der Waals surface area contributed by atoms with E-state index in [9.17, 15) is 0 Å². The van der Waals surface area contributed by atoms with Gasteiger partial charge in [0, 0.05) is 37.6 Å². The van der Waals surface area contributed by atoms with Crippen LogP contribution in [-0.2, 0) is 4.74 Å². The summed E-state index contributed by atoms with van der Waals surface area (Å²) >= 11 is 0. The van der Waals surface area contributed by atoms with Crippen LogP contribution in [-0.4, -0.2) is 60.3 Å². The standard InChI is InChI=1S/C13H20N4O/c1-16-9-10-18-11-13(16)3-7-17(8-4-13)12-14-5-2-6-15-12/h2,5-6H,3-4,7-11H2,1H3. The van der Waals surface area contributed by atoms with Crippen molar-refractivity contribution >= 4 is 5.95 Å². The molecule has 0 aliphatic carbocycles. The number of morpholine rings is 1. The lowest BCUT2D eigenvalue weighted by atomic mass is 9.86. The zero-order valence-electron chi connectivity index (χ0n) is 10.9. The molecule has 5 heteroatoms. The minimum absolute atomic E-state index is 0.240. The molecular formula is C13H20N4O. The number of piperidine rings is 1. The molecule has 0 atom stereocenters. The zero-order chi connectivity index (χ0) is 12.4. The molecular weight excluding hydrogens is 228 g/mol. The molecule has 2 fully saturated rings. The Bertz CT molecular complexity index is 389. The van der Waals surface area contributed by atoms with E-state index in [1.165, 1.54) is 0 Å². The highest BCUT2D eigenvalue weighted by Gasteiger charge is 2.40. The van der Waals surface area contributed by atoms with Gasteiger partial charge in [0.25, 0.3) is 0 Å². The topological polar surface area (TPSA) is 41.5 Å². The van der Waals surface area contributed by atoms with Crippen LogP contribution in [0.2, 0.25) is 0 Å². The fourth-order valence-electron chi connectivity index (χ4n) is 2.91. The molecule has 1 spiro atoms. The molecule has 0 amide bonds. The zero-order valence-corrected chi connectivity index (χ0v) is 10.9. The van der Waals surface area contributed by atoms with Crippen LogP contribution >= 0.6 is 0 Å². The second-order valence-corrected chi connectivity index (χ2v) is 5.23. The number of hydrogen-bond acceptors (Lipinski definition) is 5. The monoisotopic (exact) mass is 248 g/mol. The van der Waals surface area contributed by atoms with E-state index in [2.05, 4.69) is 26.8 Å². The molecule has 2 aliphatic rings. The van der Waals surface area contributed by atoms with E-state index in [-0.39, 0.29) is 5.54 Å². The number of nitrogens with zero attached hydrogens (tertiary/aromatic N) is 4. The molecule has 98 valence electrons.